The second kappa shape index (κ2) is 5.79. The lowest BCUT2D eigenvalue weighted by Gasteiger charge is -2.19. The molecule has 7 nitrogen and oxygen atoms in total. The van der Waals surface area contributed by atoms with Crippen LogP contribution in [0.2, 0.25) is 5.02 Å². The van der Waals surface area contributed by atoms with E-state index in [1.165, 1.54) is 12.1 Å². The van der Waals surface area contributed by atoms with E-state index < -0.39 is 4.92 Å². The number of nitro groups is 1. The highest BCUT2D eigenvalue weighted by atomic mass is 35.5. The van der Waals surface area contributed by atoms with Crippen LogP contribution < -0.4 is 5.32 Å². The van der Waals surface area contributed by atoms with Crippen LogP contribution in [-0.4, -0.2) is 28.2 Å². The number of hydrogen-bond donors (Lipinski definition) is 1. The average molecular weight is 309 g/mol. The van der Waals surface area contributed by atoms with Crippen molar-refractivity contribution < 1.29 is 9.45 Å². The van der Waals surface area contributed by atoms with Crippen LogP contribution in [0.3, 0.4) is 0 Å². The summed E-state index contributed by atoms with van der Waals surface area (Å²) in [5.41, 5.74) is 0.355. The number of non-ortho nitro benzene ring substituents is 1. The summed E-state index contributed by atoms with van der Waals surface area (Å²) < 4.78 is 5.22. The Bertz CT molecular complexity index is 667. The second-order valence-electron chi connectivity index (χ2n) is 4.96. The molecule has 1 unspecified atom stereocenters. The molecule has 2 aromatic rings. The predicted octanol–water partition coefficient (Wildman–Crippen LogP) is 2.77. The first-order chi connectivity index (χ1) is 10.1. The van der Waals surface area contributed by atoms with Gasteiger partial charge in [-0.15, -0.1) is 0 Å². The Morgan fingerprint density at radius 1 is 1.43 bits per heavy atom. The molecule has 21 heavy (non-hydrogen) atoms. The van der Waals surface area contributed by atoms with Crippen molar-refractivity contribution in [3.05, 3.63) is 39.2 Å². The van der Waals surface area contributed by atoms with Crippen molar-refractivity contribution in [3.8, 4) is 11.5 Å². The highest BCUT2D eigenvalue weighted by Crippen LogP contribution is 2.29. The molecule has 1 aliphatic rings. The highest BCUT2D eigenvalue weighted by Gasteiger charge is 2.22. The first-order valence-corrected chi connectivity index (χ1v) is 7.01. The highest BCUT2D eigenvalue weighted by molar-refractivity contribution is 6.31. The lowest BCUT2D eigenvalue weighted by molar-refractivity contribution is -0.384. The van der Waals surface area contributed by atoms with Gasteiger partial charge >= 0.3 is 0 Å². The summed E-state index contributed by atoms with van der Waals surface area (Å²) >= 11 is 5.90. The maximum atomic E-state index is 10.9. The minimum Gasteiger partial charge on any atom is -0.334 e. The number of piperidine rings is 1. The van der Waals surface area contributed by atoms with Gasteiger partial charge in [0.15, 0.2) is 5.82 Å². The van der Waals surface area contributed by atoms with E-state index in [9.17, 15) is 10.1 Å². The van der Waals surface area contributed by atoms with E-state index in [0.717, 1.165) is 25.9 Å². The Morgan fingerprint density at radius 3 is 3.00 bits per heavy atom. The Labute approximate surface area is 125 Å². The first kappa shape index (κ1) is 14.0. The monoisotopic (exact) mass is 308 g/mol. The van der Waals surface area contributed by atoms with Crippen molar-refractivity contribution in [1.29, 1.82) is 0 Å². The standard InChI is InChI=1S/C13H13ClN4O3/c14-10-4-9(5-11(6-10)18(19)20)13-16-12(17-21-13)8-2-1-3-15-7-8/h4-6,8,15H,1-3,7H2. The zero-order valence-corrected chi connectivity index (χ0v) is 11.8. The molecule has 1 aromatic carbocycles. The minimum atomic E-state index is -0.502. The largest absolute Gasteiger partial charge is 0.334 e. The SMILES string of the molecule is O=[N+]([O-])c1cc(Cl)cc(-c2nc(C3CCCNC3)no2)c1. The molecule has 0 bridgehead atoms. The first-order valence-electron chi connectivity index (χ1n) is 6.63. The molecule has 0 spiro atoms. The third-order valence-electron chi connectivity index (χ3n) is 3.44. The van der Waals surface area contributed by atoms with Gasteiger partial charge in [-0.3, -0.25) is 10.1 Å². The van der Waals surface area contributed by atoms with E-state index in [1.54, 1.807) is 6.07 Å². The van der Waals surface area contributed by atoms with Crippen molar-refractivity contribution in [2.45, 2.75) is 18.8 Å². The van der Waals surface area contributed by atoms with Crippen LogP contribution in [0.15, 0.2) is 22.7 Å². The third kappa shape index (κ3) is 3.03. The Kier molecular flexibility index (Phi) is 3.85. The van der Waals surface area contributed by atoms with Crippen LogP contribution >= 0.6 is 11.6 Å². The summed E-state index contributed by atoms with van der Waals surface area (Å²) in [5, 5.41) is 18.4. The molecule has 1 aliphatic heterocycles. The molecule has 3 rings (SSSR count). The molecular formula is C13H13ClN4O3. The van der Waals surface area contributed by atoms with E-state index >= 15 is 0 Å². The lowest BCUT2D eigenvalue weighted by Crippen LogP contribution is -2.28. The summed E-state index contributed by atoms with van der Waals surface area (Å²) in [6, 6.07) is 4.24. The fourth-order valence-electron chi connectivity index (χ4n) is 2.39. The minimum absolute atomic E-state index is 0.100. The molecule has 1 aromatic heterocycles. The molecule has 0 amide bonds. The second-order valence-corrected chi connectivity index (χ2v) is 5.39. The average Bonchev–Trinajstić information content (AvgIpc) is 2.97. The van der Waals surface area contributed by atoms with Crippen molar-refractivity contribution in [2.75, 3.05) is 13.1 Å². The van der Waals surface area contributed by atoms with E-state index in [4.69, 9.17) is 16.1 Å². The fraction of sp³-hybridized carbons (Fsp3) is 0.385. The Morgan fingerprint density at radius 2 is 2.29 bits per heavy atom. The van der Waals surface area contributed by atoms with Crippen molar-refractivity contribution >= 4 is 17.3 Å². The Hall–Kier alpha value is -1.99. The molecule has 0 aliphatic carbocycles. The number of benzene rings is 1. The van der Waals surface area contributed by atoms with Gasteiger partial charge in [0.25, 0.3) is 11.6 Å². The lowest BCUT2D eigenvalue weighted by atomic mass is 9.99. The van der Waals surface area contributed by atoms with Crippen LogP contribution in [0, 0.1) is 10.1 Å². The van der Waals surface area contributed by atoms with Crippen LogP contribution in [0.4, 0.5) is 5.69 Å². The Balaban J connectivity index is 1.90. The molecule has 8 heteroatoms. The quantitative estimate of drug-likeness (QED) is 0.692. The number of nitrogens with zero attached hydrogens (tertiary/aromatic N) is 3. The molecule has 1 saturated heterocycles. The molecule has 1 fully saturated rings. The van der Waals surface area contributed by atoms with Gasteiger partial charge in [0.1, 0.15) is 0 Å². The number of halogens is 1. The van der Waals surface area contributed by atoms with E-state index in [-0.39, 0.29) is 22.5 Å². The fourth-order valence-corrected chi connectivity index (χ4v) is 2.62. The third-order valence-corrected chi connectivity index (χ3v) is 3.66. The van der Waals surface area contributed by atoms with Gasteiger partial charge in [0.2, 0.25) is 0 Å². The van der Waals surface area contributed by atoms with Gasteiger partial charge in [-0.05, 0) is 25.5 Å². The smallest absolute Gasteiger partial charge is 0.271 e. The van der Waals surface area contributed by atoms with E-state index in [2.05, 4.69) is 15.5 Å². The molecule has 0 saturated carbocycles. The van der Waals surface area contributed by atoms with Crippen LogP contribution in [0.25, 0.3) is 11.5 Å². The molecule has 1 N–H and O–H groups in total. The molecule has 0 radical (unpaired) electrons. The molecule has 2 heterocycles. The van der Waals surface area contributed by atoms with Crippen LogP contribution in [0.1, 0.15) is 24.6 Å². The molecule has 110 valence electrons. The topological polar surface area (TPSA) is 94.1 Å². The number of hydrogen-bond acceptors (Lipinski definition) is 6. The number of aromatic nitrogens is 2. The van der Waals surface area contributed by atoms with Gasteiger partial charge in [-0.1, -0.05) is 16.8 Å². The van der Waals surface area contributed by atoms with Gasteiger partial charge < -0.3 is 9.84 Å². The zero-order chi connectivity index (χ0) is 14.8. The van der Waals surface area contributed by atoms with Gasteiger partial charge in [0, 0.05) is 35.2 Å². The predicted molar refractivity (Wildman–Crippen MR) is 76.2 cm³/mol. The summed E-state index contributed by atoms with van der Waals surface area (Å²) in [6.07, 6.45) is 2.07. The van der Waals surface area contributed by atoms with Crippen molar-refractivity contribution in [1.82, 2.24) is 15.5 Å². The van der Waals surface area contributed by atoms with Gasteiger partial charge in [-0.2, -0.15) is 4.98 Å². The van der Waals surface area contributed by atoms with Crippen LogP contribution in [0.5, 0.6) is 0 Å². The van der Waals surface area contributed by atoms with Crippen molar-refractivity contribution in [3.63, 3.8) is 0 Å². The van der Waals surface area contributed by atoms with E-state index in [1.807, 2.05) is 0 Å². The van der Waals surface area contributed by atoms with Gasteiger partial charge in [-0.25, -0.2) is 0 Å². The normalized spacial score (nSPS) is 18.6. The number of nitrogens with one attached hydrogen (secondary N) is 1. The van der Waals surface area contributed by atoms with Crippen LogP contribution in [-0.2, 0) is 0 Å². The maximum Gasteiger partial charge on any atom is 0.271 e. The van der Waals surface area contributed by atoms with Crippen molar-refractivity contribution in [2.24, 2.45) is 0 Å². The summed E-state index contributed by atoms with van der Waals surface area (Å²) in [6.45, 7) is 1.82. The summed E-state index contributed by atoms with van der Waals surface area (Å²) in [5.74, 6) is 1.09. The molecular weight excluding hydrogens is 296 g/mol. The maximum absolute atomic E-state index is 10.9. The number of nitro benzene ring substituents is 1. The van der Waals surface area contributed by atoms with E-state index in [0.29, 0.717) is 11.4 Å². The zero-order valence-electron chi connectivity index (χ0n) is 11.1. The van der Waals surface area contributed by atoms with Gasteiger partial charge in [0.05, 0.1) is 4.92 Å². The summed E-state index contributed by atoms with van der Waals surface area (Å²) in [7, 11) is 0. The molecule has 1 atom stereocenters. The summed E-state index contributed by atoms with van der Waals surface area (Å²) in [4.78, 5) is 14.7. The number of rotatable bonds is 3.